The van der Waals surface area contributed by atoms with Gasteiger partial charge in [0.2, 0.25) is 0 Å². The van der Waals surface area contributed by atoms with Crippen LogP contribution in [0.25, 0.3) is 0 Å². The highest BCUT2D eigenvalue weighted by Gasteiger charge is 2.82. The molecule has 3 aliphatic heterocycles. The van der Waals surface area contributed by atoms with Gasteiger partial charge >= 0.3 is 17.9 Å². The molecule has 0 amide bonds. The molecule has 2 saturated heterocycles. The number of carbonyl (C=O) groups excluding carboxylic acids is 3. The van der Waals surface area contributed by atoms with Gasteiger partial charge in [0.1, 0.15) is 12.2 Å². The molecule has 0 spiro atoms. The molecule has 10 heteroatoms. The first-order valence-corrected chi connectivity index (χ1v) is 14.7. The number of esters is 3. The topological polar surface area (TPSA) is 142 Å². The van der Waals surface area contributed by atoms with Crippen molar-refractivity contribution in [3.05, 3.63) is 47.5 Å². The summed E-state index contributed by atoms with van der Waals surface area (Å²) in [5, 5.41) is 25.5. The van der Waals surface area contributed by atoms with E-state index in [1.165, 1.54) is 19.4 Å². The minimum absolute atomic E-state index is 0.00999. The molecule has 5 fully saturated rings. The second kappa shape index (κ2) is 9.27. The monoisotopic (exact) mass is 584 g/mol. The SMILES string of the molecule is CC=C(C)C(=O)OC1C2CC3(O)C4=CC(=O)OC(c5ccoc5)C4(C)CCC3C3(C)C(CC(=O)OC)C1(C)COC23O. The van der Waals surface area contributed by atoms with Gasteiger partial charge in [-0.3, -0.25) is 4.79 Å². The van der Waals surface area contributed by atoms with E-state index >= 15 is 0 Å². The van der Waals surface area contributed by atoms with E-state index in [0.717, 1.165) is 0 Å². The lowest BCUT2D eigenvalue weighted by atomic mass is 9.34. The van der Waals surface area contributed by atoms with Crippen molar-refractivity contribution < 1.29 is 48.0 Å². The Morgan fingerprint density at radius 1 is 1.21 bits per heavy atom. The summed E-state index contributed by atoms with van der Waals surface area (Å²) in [6.07, 6.45) is 5.44. The summed E-state index contributed by atoms with van der Waals surface area (Å²) in [5.74, 6) is -5.43. The molecule has 10 nitrogen and oxygen atoms in total. The third kappa shape index (κ3) is 3.51. The van der Waals surface area contributed by atoms with Gasteiger partial charge in [-0.2, -0.15) is 0 Å². The Hall–Kier alpha value is -2.95. The van der Waals surface area contributed by atoms with Crippen LogP contribution in [0.3, 0.4) is 0 Å². The first kappa shape index (κ1) is 29.1. The molecular weight excluding hydrogens is 544 g/mol. The average molecular weight is 585 g/mol. The van der Waals surface area contributed by atoms with Gasteiger partial charge in [0.15, 0.2) is 5.79 Å². The van der Waals surface area contributed by atoms with Crippen molar-refractivity contribution in [2.75, 3.05) is 13.7 Å². The number of hydrogen-bond acceptors (Lipinski definition) is 10. The quantitative estimate of drug-likeness (QED) is 0.298. The average Bonchev–Trinajstić information content (AvgIpc) is 3.49. The lowest BCUT2D eigenvalue weighted by molar-refractivity contribution is -0.460. The Labute approximate surface area is 245 Å². The fourth-order valence-electron chi connectivity index (χ4n) is 9.59. The molecule has 10 unspecified atom stereocenters. The molecule has 228 valence electrons. The van der Waals surface area contributed by atoms with Gasteiger partial charge in [0.05, 0.1) is 37.8 Å². The van der Waals surface area contributed by atoms with E-state index in [9.17, 15) is 24.6 Å². The highest BCUT2D eigenvalue weighted by atomic mass is 16.6. The molecule has 3 aliphatic carbocycles. The maximum Gasteiger partial charge on any atom is 0.333 e. The van der Waals surface area contributed by atoms with Crippen LogP contribution in [0, 0.1) is 34.0 Å². The van der Waals surface area contributed by atoms with Crippen molar-refractivity contribution >= 4 is 17.9 Å². The van der Waals surface area contributed by atoms with Gasteiger partial charge in [0.25, 0.3) is 0 Å². The molecular formula is C32H40O10. The minimum Gasteiger partial charge on any atom is -0.472 e. The van der Waals surface area contributed by atoms with Gasteiger partial charge in [-0.1, -0.05) is 26.8 Å². The second-order valence-electron chi connectivity index (χ2n) is 13.6. The summed E-state index contributed by atoms with van der Waals surface area (Å²) in [5.41, 5.74) is -2.81. The number of carbonyl (C=O) groups is 3. The molecule has 42 heavy (non-hydrogen) atoms. The number of ether oxygens (including phenoxy) is 4. The normalized spacial score (nSPS) is 45.7. The molecule has 1 aromatic heterocycles. The zero-order chi connectivity index (χ0) is 30.5. The summed E-state index contributed by atoms with van der Waals surface area (Å²) >= 11 is 0. The van der Waals surface area contributed by atoms with Crippen molar-refractivity contribution in [2.24, 2.45) is 34.0 Å². The number of allylic oxidation sites excluding steroid dienone is 1. The standard InChI is InChI=1S/C32H40O10/c1-7-17(2)27(35)42-26-19-14-31(36)20(30(5)21(12-23(33)38-6)29(26,4)16-40-32(19,30)37)8-10-28(3)22(31)13-24(34)41-25(28)18-9-11-39-15-18/h7,9,11,13,15,19-21,25-26,36-37H,8,10,12,14,16H2,1-6H3. The predicted molar refractivity (Wildman–Crippen MR) is 146 cm³/mol. The second-order valence-corrected chi connectivity index (χ2v) is 13.6. The molecule has 4 heterocycles. The molecule has 4 bridgehead atoms. The van der Waals surface area contributed by atoms with E-state index in [1.807, 2.05) is 20.8 Å². The summed E-state index contributed by atoms with van der Waals surface area (Å²) in [7, 11) is 1.31. The van der Waals surface area contributed by atoms with Crippen LogP contribution in [-0.2, 0) is 33.3 Å². The predicted octanol–water partition coefficient (Wildman–Crippen LogP) is 3.77. The first-order valence-electron chi connectivity index (χ1n) is 14.7. The summed E-state index contributed by atoms with van der Waals surface area (Å²) in [6, 6.07) is 1.75. The van der Waals surface area contributed by atoms with E-state index in [1.54, 1.807) is 32.3 Å². The summed E-state index contributed by atoms with van der Waals surface area (Å²) in [4.78, 5) is 39.2. The zero-order valence-corrected chi connectivity index (χ0v) is 25.0. The third-order valence-electron chi connectivity index (χ3n) is 11.8. The van der Waals surface area contributed by atoms with Gasteiger partial charge in [-0.25, -0.2) is 9.59 Å². The van der Waals surface area contributed by atoms with Crippen LogP contribution in [0.15, 0.2) is 46.3 Å². The first-order chi connectivity index (χ1) is 19.7. The number of cyclic esters (lactones) is 1. The van der Waals surface area contributed by atoms with Crippen LogP contribution in [0.5, 0.6) is 0 Å². The Balaban J connectivity index is 1.53. The van der Waals surface area contributed by atoms with Crippen molar-refractivity contribution in [1.82, 2.24) is 0 Å². The third-order valence-corrected chi connectivity index (χ3v) is 11.8. The summed E-state index contributed by atoms with van der Waals surface area (Å²) in [6.45, 7) is 9.22. The van der Waals surface area contributed by atoms with E-state index in [-0.39, 0.29) is 19.4 Å². The highest BCUT2D eigenvalue weighted by Crippen LogP contribution is 2.76. The highest BCUT2D eigenvalue weighted by molar-refractivity contribution is 5.88. The fraction of sp³-hybridized carbons (Fsp3) is 0.656. The molecule has 1 aromatic rings. The van der Waals surface area contributed by atoms with Crippen molar-refractivity contribution in [1.29, 1.82) is 0 Å². The largest absolute Gasteiger partial charge is 0.472 e. The summed E-state index contributed by atoms with van der Waals surface area (Å²) < 4.78 is 28.7. The molecule has 0 radical (unpaired) electrons. The van der Waals surface area contributed by atoms with Crippen LogP contribution in [0.1, 0.15) is 72.0 Å². The maximum absolute atomic E-state index is 13.2. The number of furan rings is 1. The van der Waals surface area contributed by atoms with Crippen LogP contribution in [0.2, 0.25) is 0 Å². The van der Waals surface area contributed by atoms with Crippen molar-refractivity contribution in [3.8, 4) is 0 Å². The molecule has 7 rings (SSSR count). The number of methoxy groups -OCH3 is 1. The number of rotatable bonds is 5. The van der Waals surface area contributed by atoms with Crippen LogP contribution in [-0.4, -0.2) is 59.3 Å². The van der Waals surface area contributed by atoms with Gasteiger partial charge in [-0.15, -0.1) is 0 Å². The molecule has 10 atom stereocenters. The van der Waals surface area contributed by atoms with Gasteiger partial charge in [-0.05, 0) is 50.7 Å². The Morgan fingerprint density at radius 3 is 2.60 bits per heavy atom. The van der Waals surface area contributed by atoms with Gasteiger partial charge in [0, 0.05) is 45.8 Å². The molecule has 2 N–H and O–H groups in total. The lowest BCUT2D eigenvalue weighted by Gasteiger charge is -2.76. The zero-order valence-electron chi connectivity index (χ0n) is 25.0. The lowest BCUT2D eigenvalue weighted by Crippen LogP contribution is -2.84. The number of hydrogen-bond donors (Lipinski definition) is 2. The Morgan fingerprint density at radius 2 is 1.95 bits per heavy atom. The smallest absolute Gasteiger partial charge is 0.333 e. The van der Waals surface area contributed by atoms with Crippen LogP contribution < -0.4 is 0 Å². The number of aliphatic hydroxyl groups is 2. The molecule has 3 saturated carbocycles. The maximum atomic E-state index is 13.2. The van der Waals surface area contributed by atoms with E-state index in [2.05, 4.69) is 0 Å². The van der Waals surface area contributed by atoms with Gasteiger partial charge < -0.3 is 33.6 Å². The van der Waals surface area contributed by atoms with Crippen molar-refractivity contribution in [2.45, 2.75) is 83.9 Å². The minimum atomic E-state index is -1.82. The molecule has 0 aromatic carbocycles. The van der Waals surface area contributed by atoms with E-state index in [0.29, 0.717) is 29.6 Å². The Kier molecular flexibility index (Phi) is 6.43. The fourth-order valence-corrected chi connectivity index (χ4v) is 9.59. The van der Waals surface area contributed by atoms with E-state index < -0.39 is 75.5 Å². The van der Waals surface area contributed by atoms with Crippen molar-refractivity contribution in [3.63, 3.8) is 0 Å². The number of fused-ring (bicyclic) bond motifs is 4. The molecule has 6 aliphatic rings. The Bertz CT molecular complexity index is 1380. The van der Waals surface area contributed by atoms with Crippen LogP contribution >= 0.6 is 0 Å². The van der Waals surface area contributed by atoms with E-state index in [4.69, 9.17) is 23.4 Å². The van der Waals surface area contributed by atoms with Crippen LogP contribution in [0.4, 0.5) is 0 Å².